The number of hydrogen-bond acceptors (Lipinski definition) is 6. The van der Waals surface area contributed by atoms with Gasteiger partial charge in [-0.05, 0) is 23.8 Å². The van der Waals surface area contributed by atoms with Crippen molar-refractivity contribution in [1.29, 1.82) is 5.26 Å². The minimum Gasteiger partial charge on any atom is -0.493 e. The Morgan fingerprint density at radius 2 is 1.85 bits per heavy atom. The zero-order chi connectivity index (χ0) is 17.9. The summed E-state index contributed by atoms with van der Waals surface area (Å²) >= 11 is 1.59. The highest BCUT2D eigenvalue weighted by atomic mass is 32.1. The molecule has 2 heterocycles. The lowest BCUT2D eigenvalue weighted by atomic mass is 10.2. The first-order chi connectivity index (χ1) is 12.8. The maximum Gasteiger partial charge on any atom is 0.231 e. The van der Waals surface area contributed by atoms with Gasteiger partial charge in [0, 0.05) is 10.9 Å². The standard InChI is InChI=1S/C20H13N3O2S/c1-24-17-9-13(11-21)7-8-16(17)25-19-15-10-18(14-5-3-2-4-6-14)26-20(15)23-12-22-19/h2-10,12H,1H3. The summed E-state index contributed by atoms with van der Waals surface area (Å²) in [6.45, 7) is 0. The summed E-state index contributed by atoms with van der Waals surface area (Å²) in [7, 11) is 1.54. The molecule has 0 aliphatic carbocycles. The first-order valence-electron chi connectivity index (χ1n) is 7.84. The molecule has 26 heavy (non-hydrogen) atoms. The second kappa shape index (κ2) is 6.82. The highest BCUT2D eigenvalue weighted by Crippen LogP contribution is 2.39. The summed E-state index contributed by atoms with van der Waals surface area (Å²) in [4.78, 5) is 10.6. The van der Waals surface area contributed by atoms with Gasteiger partial charge in [0.2, 0.25) is 5.88 Å². The first kappa shape index (κ1) is 16.1. The molecule has 0 unspecified atom stereocenters. The van der Waals surface area contributed by atoms with Crippen LogP contribution in [0.1, 0.15) is 5.56 Å². The molecule has 0 atom stereocenters. The Morgan fingerprint density at radius 3 is 2.62 bits per heavy atom. The molecule has 0 radical (unpaired) electrons. The van der Waals surface area contributed by atoms with Crippen molar-refractivity contribution in [3.63, 3.8) is 0 Å². The van der Waals surface area contributed by atoms with Gasteiger partial charge in [-0.2, -0.15) is 5.26 Å². The minimum absolute atomic E-state index is 0.455. The number of nitriles is 1. The Hall–Kier alpha value is -3.43. The van der Waals surface area contributed by atoms with E-state index in [0.29, 0.717) is 22.9 Å². The van der Waals surface area contributed by atoms with Crippen LogP contribution in [0.15, 0.2) is 60.9 Å². The number of ether oxygens (including phenoxy) is 2. The quantitative estimate of drug-likeness (QED) is 0.511. The topological polar surface area (TPSA) is 68.0 Å². The number of methoxy groups -OCH3 is 1. The van der Waals surface area contributed by atoms with Gasteiger partial charge in [-0.3, -0.25) is 0 Å². The number of nitrogens with zero attached hydrogens (tertiary/aromatic N) is 3. The van der Waals surface area contributed by atoms with Crippen LogP contribution in [-0.2, 0) is 0 Å². The zero-order valence-electron chi connectivity index (χ0n) is 13.8. The average molecular weight is 359 g/mol. The van der Waals surface area contributed by atoms with Gasteiger partial charge in [-0.1, -0.05) is 30.3 Å². The van der Waals surface area contributed by atoms with E-state index in [2.05, 4.69) is 28.2 Å². The molecule has 2 aromatic carbocycles. The minimum atomic E-state index is 0.455. The van der Waals surface area contributed by atoms with Crippen LogP contribution in [0.2, 0.25) is 0 Å². The normalized spacial score (nSPS) is 10.5. The molecule has 0 spiro atoms. The van der Waals surface area contributed by atoms with Gasteiger partial charge in [0.05, 0.1) is 24.1 Å². The lowest BCUT2D eigenvalue weighted by molar-refractivity contribution is 0.375. The van der Waals surface area contributed by atoms with Crippen LogP contribution in [0.4, 0.5) is 0 Å². The first-order valence-corrected chi connectivity index (χ1v) is 8.66. The highest BCUT2D eigenvalue weighted by molar-refractivity contribution is 7.21. The van der Waals surface area contributed by atoms with Crippen molar-refractivity contribution in [3.05, 3.63) is 66.5 Å². The Labute approximate surface area is 154 Å². The maximum atomic E-state index is 9.02. The summed E-state index contributed by atoms with van der Waals surface area (Å²) in [6.07, 6.45) is 1.49. The third-order valence-corrected chi connectivity index (χ3v) is 4.94. The van der Waals surface area contributed by atoms with Crippen molar-refractivity contribution in [2.24, 2.45) is 0 Å². The number of hydrogen-bond donors (Lipinski definition) is 0. The molecule has 0 saturated carbocycles. The molecule has 0 aliphatic heterocycles. The summed E-state index contributed by atoms with van der Waals surface area (Å²) in [5, 5.41) is 9.86. The van der Waals surface area contributed by atoms with Gasteiger partial charge in [0.15, 0.2) is 11.5 Å². The molecular weight excluding hydrogens is 346 g/mol. The SMILES string of the molecule is COc1cc(C#N)ccc1Oc1ncnc2sc(-c3ccccc3)cc12. The van der Waals surface area contributed by atoms with Gasteiger partial charge in [0.1, 0.15) is 11.2 Å². The molecule has 0 N–H and O–H groups in total. The second-order valence-corrected chi connectivity index (χ2v) is 6.48. The molecule has 0 saturated heterocycles. The van der Waals surface area contributed by atoms with E-state index >= 15 is 0 Å². The van der Waals surface area contributed by atoms with Crippen molar-refractivity contribution in [1.82, 2.24) is 9.97 Å². The predicted octanol–water partition coefficient (Wildman–Crippen LogP) is 5.03. The van der Waals surface area contributed by atoms with Crippen molar-refractivity contribution in [2.75, 3.05) is 7.11 Å². The Kier molecular flexibility index (Phi) is 4.22. The molecule has 0 bridgehead atoms. The number of benzene rings is 2. The average Bonchev–Trinajstić information content (AvgIpc) is 3.14. The fraction of sp³-hybridized carbons (Fsp3) is 0.0500. The lowest BCUT2D eigenvalue weighted by Gasteiger charge is -2.10. The van der Waals surface area contributed by atoms with E-state index in [4.69, 9.17) is 14.7 Å². The molecule has 2 aromatic heterocycles. The van der Waals surface area contributed by atoms with E-state index in [1.54, 1.807) is 29.5 Å². The largest absolute Gasteiger partial charge is 0.493 e. The summed E-state index contributed by atoms with van der Waals surface area (Å²) < 4.78 is 11.3. The Bertz CT molecular complexity index is 1120. The number of fused-ring (bicyclic) bond motifs is 1. The predicted molar refractivity (Wildman–Crippen MR) is 101 cm³/mol. The molecule has 6 heteroatoms. The Balaban J connectivity index is 1.76. The van der Waals surface area contributed by atoms with E-state index in [-0.39, 0.29) is 0 Å². The number of rotatable bonds is 4. The third-order valence-electron chi connectivity index (χ3n) is 3.85. The number of aromatic nitrogens is 2. The van der Waals surface area contributed by atoms with Crippen LogP contribution in [0.3, 0.4) is 0 Å². The molecule has 4 rings (SSSR count). The molecule has 5 nitrogen and oxygen atoms in total. The summed E-state index contributed by atoms with van der Waals surface area (Å²) in [6, 6.07) is 19.2. The van der Waals surface area contributed by atoms with Crippen LogP contribution in [0.25, 0.3) is 20.7 Å². The van der Waals surface area contributed by atoms with E-state index in [1.165, 1.54) is 13.4 Å². The highest BCUT2D eigenvalue weighted by Gasteiger charge is 2.14. The van der Waals surface area contributed by atoms with Crippen molar-refractivity contribution < 1.29 is 9.47 Å². The van der Waals surface area contributed by atoms with Gasteiger partial charge < -0.3 is 9.47 Å². The van der Waals surface area contributed by atoms with E-state index in [9.17, 15) is 0 Å². The number of thiophene rings is 1. The fourth-order valence-corrected chi connectivity index (χ4v) is 3.58. The summed E-state index contributed by atoms with van der Waals surface area (Å²) in [5.74, 6) is 1.43. The van der Waals surface area contributed by atoms with Crippen LogP contribution in [0.5, 0.6) is 17.4 Å². The molecule has 0 amide bonds. The monoisotopic (exact) mass is 359 g/mol. The van der Waals surface area contributed by atoms with Crippen LogP contribution >= 0.6 is 11.3 Å². The van der Waals surface area contributed by atoms with Gasteiger partial charge in [-0.25, -0.2) is 9.97 Å². The Morgan fingerprint density at radius 1 is 1.00 bits per heavy atom. The third kappa shape index (κ3) is 2.96. The van der Waals surface area contributed by atoms with Crippen LogP contribution in [-0.4, -0.2) is 17.1 Å². The summed E-state index contributed by atoms with van der Waals surface area (Å²) in [5.41, 5.74) is 1.63. The van der Waals surface area contributed by atoms with Gasteiger partial charge in [-0.15, -0.1) is 11.3 Å². The van der Waals surface area contributed by atoms with E-state index in [1.807, 2.05) is 24.3 Å². The second-order valence-electron chi connectivity index (χ2n) is 5.45. The zero-order valence-corrected chi connectivity index (χ0v) is 14.7. The maximum absolute atomic E-state index is 9.02. The van der Waals surface area contributed by atoms with E-state index in [0.717, 1.165) is 20.7 Å². The smallest absolute Gasteiger partial charge is 0.231 e. The van der Waals surface area contributed by atoms with Crippen molar-refractivity contribution in [2.45, 2.75) is 0 Å². The van der Waals surface area contributed by atoms with Gasteiger partial charge >= 0.3 is 0 Å². The molecule has 0 fully saturated rings. The van der Waals surface area contributed by atoms with Crippen LogP contribution in [0, 0.1) is 11.3 Å². The molecule has 126 valence electrons. The lowest BCUT2D eigenvalue weighted by Crippen LogP contribution is -1.93. The van der Waals surface area contributed by atoms with Gasteiger partial charge in [0.25, 0.3) is 0 Å². The van der Waals surface area contributed by atoms with Crippen molar-refractivity contribution >= 4 is 21.6 Å². The van der Waals surface area contributed by atoms with Crippen LogP contribution < -0.4 is 9.47 Å². The molecule has 0 aliphatic rings. The molecular formula is C20H13N3O2S. The fourth-order valence-electron chi connectivity index (χ4n) is 2.59. The molecule has 4 aromatic rings. The van der Waals surface area contributed by atoms with E-state index < -0.39 is 0 Å². The van der Waals surface area contributed by atoms with Crippen molar-refractivity contribution in [3.8, 4) is 33.9 Å².